The molecule has 0 radical (unpaired) electrons. The molecular weight excluding hydrogens is 314 g/mol. The number of hydrogen-bond acceptors (Lipinski definition) is 9. The van der Waals surface area contributed by atoms with E-state index in [0.717, 1.165) is 39.1 Å². The molecule has 3 heterocycles. The van der Waals surface area contributed by atoms with Gasteiger partial charge in [-0.05, 0) is 36.1 Å². The summed E-state index contributed by atoms with van der Waals surface area (Å²) in [5.41, 5.74) is 0. The van der Waals surface area contributed by atoms with Crippen molar-refractivity contribution in [2.45, 2.75) is 27.9 Å². The van der Waals surface area contributed by atoms with Crippen LogP contribution in [0.5, 0.6) is 0 Å². The molecule has 0 bridgehead atoms. The van der Waals surface area contributed by atoms with E-state index in [0.29, 0.717) is 6.61 Å². The largest absolute Gasteiger partial charge is 0.384 e. The molecule has 1 aliphatic rings. The third kappa shape index (κ3) is 3.46. The Labute approximate surface area is 129 Å². The van der Waals surface area contributed by atoms with Gasteiger partial charge in [-0.2, -0.15) is 4.37 Å². The van der Waals surface area contributed by atoms with Gasteiger partial charge in [0.2, 0.25) is 5.13 Å². The number of methoxy groups -OCH3 is 1. The van der Waals surface area contributed by atoms with Gasteiger partial charge in [0.15, 0.2) is 8.68 Å². The predicted molar refractivity (Wildman–Crippen MR) is 81.0 cm³/mol. The number of nitrogens with zero attached hydrogens (tertiary/aromatic N) is 5. The second-order valence-electron chi connectivity index (χ2n) is 4.37. The first kappa shape index (κ1) is 14.2. The number of hydrogen-bond donors (Lipinski definition) is 0. The molecule has 0 amide bonds. The van der Waals surface area contributed by atoms with Gasteiger partial charge in [0.05, 0.1) is 6.61 Å². The summed E-state index contributed by atoms with van der Waals surface area (Å²) in [6, 6.07) is 0. The van der Waals surface area contributed by atoms with E-state index >= 15 is 0 Å². The molecule has 2 aromatic rings. The van der Waals surface area contributed by atoms with Crippen LogP contribution in [0.3, 0.4) is 0 Å². The Bertz CT molecular complexity index is 552. The molecule has 0 aliphatic carbocycles. The van der Waals surface area contributed by atoms with Crippen LogP contribution in [-0.4, -0.2) is 46.4 Å². The SMILES string of the molecule is COCCc1nsc(Sc2nnc(N3CCCC3)s2)n1. The van der Waals surface area contributed by atoms with Gasteiger partial charge < -0.3 is 9.64 Å². The minimum atomic E-state index is 0.652. The quantitative estimate of drug-likeness (QED) is 0.806. The standard InChI is InChI=1S/C11H15N5OS3/c1-17-7-4-8-12-10(20-15-8)19-11-14-13-9(18-11)16-5-2-3-6-16/h2-7H2,1H3. The van der Waals surface area contributed by atoms with Crippen LogP contribution < -0.4 is 4.90 Å². The highest BCUT2D eigenvalue weighted by molar-refractivity contribution is 8.02. The summed E-state index contributed by atoms with van der Waals surface area (Å²) >= 11 is 4.58. The Balaban J connectivity index is 1.61. The van der Waals surface area contributed by atoms with Gasteiger partial charge in [-0.15, -0.1) is 10.2 Å². The van der Waals surface area contributed by atoms with E-state index in [2.05, 4.69) is 24.5 Å². The van der Waals surface area contributed by atoms with Crippen LogP contribution in [0.25, 0.3) is 0 Å². The van der Waals surface area contributed by atoms with Crippen molar-refractivity contribution in [1.82, 2.24) is 19.6 Å². The smallest absolute Gasteiger partial charge is 0.209 e. The molecule has 0 unspecified atom stereocenters. The second-order valence-corrected chi connectivity index (χ2v) is 7.57. The van der Waals surface area contributed by atoms with Gasteiger partial charge in [0, 0.05) is 26.6 Å². The van der Waals surface area contributed by atoms with E-state index in [4.69, 9.17) is 4.74 Å². The molecule has 9 heteroatoms. The number of anilines is 1. The van der Waals surface area contributed by atoms with Crippen molar-refractivity contribution in [3.63, 3.8) is 0 Å². The van der Waals surface area contributed by atoms with Crippen LogP contribution in [0, 0.1) is 0 Å². The summed E-state index contributed by atoms with van der Waals surface area (Å²) < 4.78 is 11.2. The summed E-state index contributed by atoms with van der Waals surface area (Å²) in [7, 11) is 1.68. The summed E-state index contributed by atoms with van der Waals surface area (Å²) in [6.45, 7) is 2.84. The molecule has 3 rings (SSSR count). The van der Waals surface area contributed by atoms with Crippen LogP contribution in [0.15, 0.2) is 8.68 Å². The lowest BCUT2D eigenvalue weighted by molar-refractivity contribution is 0.200. The van der Waals surface area contributed by atoms with Crippen LogP contribution in [0.4, 0.5) is 5.13 Å². The Morgan fingerprint density at radius 2 is 2.10 bits per heavy atom. The van der Waals surface area contributed by atoms with Crippen molar-refractivity contribution >= 4 is 39.8 Å². The summed E-state index contributed by atoms with van der Waals surface area (Å²) in [5, 5.41) is 9.51. The Morgan fingerprint density at radius 3 is 2.90 bits per heavy atom. The Morgan fingerprint density at radius 1 is 1.25 bits per heavy atom. The maximum atomic E-state index is 5.03. The van der Waals surface area contributed by atoms with Crippen LogP contribution in [0.1, 0.15) is 18.7 Å². The number of aromatic nitrogens is 4. The lowest BCUT2D eigenvalue weighted by atomic mass is 10.4. The predicted octanol–water partition coefficient (Wildman–Crippen LogP) is 2.33. The highest BCUT2D eigenvalue weighted by atomic mass is 32.2. The zero-order chi connectivity index (χ0) is 13.8. The Hall–Kier alpha value is -0.770. The molecule has 20 heavy (non-hydrogen) atoms. The fraction of sp³-hybridized carbons (Fsp3) is 0.636. The minimum absolute atomic E-state index is 0.652. The molecule has 0 aromatic carbocycles. The lowest BCUT2D eigenvalue weighted by Crippen LogP contribution is -2.17. The molecule has 6 nitrogen and oxygen atoms in total. The molecule has 0 spiro atoms. The zero-order valence-electron chi connectivity index (χ0n) is 11.1. The van der Waals surface area contributed by atoms with E-state index in [1.54, 1.807) is 30.2 Å². The first-order valence-electron chi connectivity index (χ1n) is 6.43. The van der Waals surface area contributed by atoms with E-state index in [9.17, 15) is 0 Å². The minimum Gasteiger partial charge on any atom is -0.384 e. The van der Waals surface area contributed by atoms with Crippen LogP contribution in [0.2, 0.25) is 0 Å². The second kappa shape index (κ2) is 6.79. The average Bonchev–Trinajstić information content (AvgIpc) is 3.18. The zero-order valence-corrected chi connectivity index (χ0v) is 13.6. The van der Waals surface area contributed by atoms with Gasteiger partial charge in [-0.3, -0.25) is 0 Å². The molecular formula is C11H15N5OS3. The van der Waals surface area contributed by atoms with Crippen molar-refractivity contribution in [2.24, 2.45) is 0 Å². The lowest BCUT2D eigenvalue weighted by Gasteiger charge is -2.10. The van der Waals surface area contributed by atoms with Crippen molar-refractivity contribution in [1.29, 1.82) is 0 Å². The molecule has 1 fully saturated rings. The molecule has 0 N–H and O–H groups in total. The summed E-state index contributed by atoms with van der Waals surface area (Å²) in [4.78, 5) is 6.76. The van der Waals surface area contributed by atoms with Crippen LogP contribution >= 0.6 is 34.6 Å². The fourth-order valence-electron chi connectivity index (χ4n) is 1.93. The average molecular weight is 329 g/mol. The summed E-state index contributed by atoms with van der Waals surface area (Å²) in [5.74, 6) is 0.837. The van der Waals surface area contributed by atoms with Gasteiger partial charge in [-0.1, -0.05) is 11.3 Å². The maximum Gasteiger partial charge on any atom is 0.209 e. The highest BCUT2D eigenvalue weighted by Crippen LogP contribution is 2.34. The monoisotopic (exact) mass is 329 g/mol. The fourth-order valence-corrected chi connectivity index (χ4v) is 4.69. The molecule has 1 saturated heterocycles. The summed E-state index contributed by atoms with van der Waals surface area (Å²) in [6.07, 6.45) is 3.26. The van der Waals surface area contributed by atoms with Gasteiger partial charge >= 0.3 is 0 Å². The molecule has 1 aliphatic heterocycles. The third-order valence-electron chi connectivity index (χ3n) is 2.93. The third-order valence-corrected chi connectivity index (χ3v) is 5.75. The number of ether oxygens (including phenoxy) is 1. The van der Waals surface area contributed by atoms with Gasteiger partial charge in [0.1, 0.15) is 5.82 Å². The van der Waals surface area contributed by atoms with Gasteiger partial charge in [0.25, 0.3) is 0 Å². The van der Waals surface area contributed by atoms with Crippen molar-refractivity contribution in [3.8, 4) is 0 Å². The molecule has 108 valence electrons. The maximum absolute atomic E-state index is 5.03. The molecule has 0 atom stereocenters. The molecule has 0 saturated carbocycles. The van der Waals surface area contributed by atoms with Gasteiger partial charge in [-0.25, -0.2) is 4.98 Å². The van der Waals surface area contributed by atoms with Crippen molar-refractivity contribution in [2.75, 3.05) is 31.7 Å². The molecule has 2 aromatic heterocycles. The van der Waals surface area contributed by atoms with E-state index in [1.165, 1.54) is 24.4 Å². The van der Waals surface area contributed by atoms with Crippen LogP contribution in [-0.2, 0) is 11.2 Å². The first-order valence-corrected chi connectivity index (χ1v) is 8.83. The highest BCUT2D eigenvalue weighted by Gasteiger charge is 2.17. The van der Waals surface area contributed by atoms with E-state index < -0.39 is 0 Å². The number of rotatable bonds is 6. The van der Waals surface area contributed by atoms with Crippen molar-refractivity contribution in [3.05, 3.63) is 5.82 Å². The normalized spacial score (nSPS) is 15.2. The van der Waals surface area contributed by atoms with E-state index in [1.807, 2.05) is 0 Å². The Kier molecular flexibility index (Phi) is 4.81. The first-order chi connectivity index (χ1) is 9.85. The van der Waals surface area contributed by atoms with Crippen molar-refractivity contribution < 1.29 is 4.74 Å². The van der Waals surface area contributed by atoms with E-state index in [-0.39, 0.29) is 0 Å². The topological polar surface area (TPSA) is 64.0 Å².